The van der Waals surface area contributed by atoms with Crippen molar-refractivity contribution in [1.29, 1.82) is 0 Å². The molecule has 0 bridgehead atoms. The first-order valence-electron chi connectivity index (χ1n) is 6.69. The van der Waals surface area contributed by atoms with Crippen molar-refractivity contribution in [1.82, 2.24) is 5.32 Å². The molecular formula is C16H14BrClN2O3. The lowest BCUT2D eigenvalue weighted by molar-refractivity contribution is -0.118. The number of rotatable bonds is 5. The summed E-state index contributed by atoms with van der Waals surface area (Å²) < 4.78 is 6.09. The van der Waals surface area contributed by atoms with Gasteiger partial charge < -0.3 is 15.4 Å². The standard InChI is InChI=1S/C16H14BrClN2O3/c1-19-16(22)10-3-2-4-12(7-10)20-15(21)9-23-14-6-5-11(18)8-13(14)17/h2-8H,9H2,1H3,(H,19,22)(H,20,21). The highest BCUT2D eigenvalue weighted by molar-refractivity contribution is 9.10. The predicted octanol–water partition coefficient (Wildman–Crippen LogP) is 3.48. The van der Waals surface area contributed by atoms with E-state index in [-0.39, 0.29) is 18.4 Å². The van der Waals surface area contributed by atoms with Gasteiger partial charge in [0.15, 0.2) is 6.61 Å². The number of hydrogen-bond donors (Lipinski definition) is 2. The molecule has 0 fully saturated rings. The number of ether oxygens (including phenoxy) is 1. The molecule has 0 unspecified atom stereocenters. The Hall–Kier alpha value is -2.05. The van der Waals surface area contributed by atoms with Gasteiger partial charge in [-0.3, -0.25) is 9.59 Å². The lowest BCUT2D eigenvalue weighted by atomic mass is 10.2. The molecule has 0 saturated carbocycles. The lowest BCUT2D eigenvalue weighted by Crippen LogP contribution is -2.21. The first kappa shape index (κ1) is 17.3. The van der Waals surface area contributed by atoms with E-state index in [1.807, 2.05) is 0 Å². The second kappa shape index (κ2) is 7.99. The fourth-order valence-electron chi connectivity index (χ4n) is 1.82. The molecule has 2 aromatic carbocycles. The molecule has 0 aliphatic heterocycles. The second-order valence-electron chi connectivity index (χ2n) is 4.57. The number of anilines is 1. The Morgan fingerprint density at radius 3 is 2.70 bits per heavy atom. The minimum Gasteiger partial charge on any atom is -0.483 e. The molecule has 0 radical (unpaired) electrons. The van der Waals surface area contributed by atoms with Gasteiger partial charge in [-0.15, -0.1) is 0 Å². The number of carbonyl (C=O) groups is 2. The largest absolute Gasteiger partial charge is 0.483 e. The maximum absolute atomic E-state index is 11.9. The van der Waals surface area contributed by atoms with Crippen molar-refractivity contribution in [2.24, 2.45) is 0 Å². The van der Waals surface area contributed by atoms with Crippen LogP contribution in [0.25, 0.3) is 0 Å². The minimum atomic E-state index is -0.332. The van der Waals surface area contributed by atoms with Crippen LogP contribution in [-0.4, -0.2) is 25.5 Å². The number of hydrogen-bond acceptors (Lipinski definition) is 3. The minimum absolute atomic E-state index is 0.162. The van der Waals surface area contributed by atoms with Crippen molar-refractivity contribution in [3.05, 3.63) is 57.5 Å². The summed E-state index contributed by atoms with van der Waals surface area (Å²) in [5, 5.41) is 5.77. The maximum atomic E-state index is 11.9. The number of carbonyl (C=O) groups excluding carboxylic acids is 2. The zero-order chi connectivity index (χ0) is 16.8. The maximum Gasteiger partial charge on any atom is 0.262 e. The molecule has 2 amide bonds. The van der Waals surface area contributed by atoms with Crippen LogP contribution in [-0.2, 0) is 4.79 Å². The van der Waals surface area contributed by atoms with Crippen LogP contribution in [0.4, 0.5) is 5.69 Å². The molecule has 2 N–H and O–H groups in total. The molecule has 0 spiro atoms. The first-order chi connectivity index (χ1) is 11.0. The van der Waals surface area contributed by atoms with Crippen LogP contribution in [0.15, 0.2) is 46.9 Å². The smallest absolute Gasteiger partial charge is 0.262 e. The molecular weight excluding hydrogens is 384 g/mol. The summed E-state index contributed by atoms with van der Waals surface area (Å²) in [6.07, 6.45) is 0. The predicted molar refractivity (Wildman–Crippen MR) is 93.1 cm³/mol. The van der Waals surface area contributed by atoms with Crippen LogP contribution in [0.5, 0.6) is 5.75 Å². The molecule has 2 aromatic rings. The Kier molecular flexibility index (Phi) is 6.01. The van der Waals surface area contributed by atoms with Gasteiger partial charge in [0.05, 0.1) is 4.47 Å². The van der Waals surface area contributed by atoms with Crippen molar-refractivity contribution in [2.45, 2.75) is 0 Å². The molecule has 0 atom stereocenters. The highest BCUT2D eigenvalue weighted by atomic mass is 79.9. The number of nitrogens with one attached hydrogen (secondary N) is 2. The average Bonchev–Trinajstić information content (AvgIpc) is 2.53. The SMILES string of the molecule is CNC(=O)c1cccc(NC(=O)COc2ccc(Cl)cc2Br)c1. The molecule has 0 heterocycles. The lowest BCUT2D eigenvalue weighted by Gasteiger charge is -2.10. The summed E-state index contributed by atoms with van der Waals surface area (Å²) in [5.41, 5.74) is 0.988. The molecule has 7 heteroatoms. The number of benzene rings is 2. The van der Waals surface area contributed by atoms with E-state index in [0.717, 1.165) is 0 Å². The van der Waals surface area contributed by atoms with Gasteiger partial charge >= 0.3 is 0 Å². The van der Waals surface area contributed by atoms with E-state index in [4.69, 9.17) is 16.3 Å². The van der Waals surface area contributed by atoms with Gasteiger partial charge in [-0.05, 0) is 52.3 Å². The first-order valence-corrected chi connectivity index (χ1v) is 7.86. The molecule has 5 nitrogen and oxygen atoms in total. The number of halogens is 2. The van der Waals surface area contributed by atoms with Crippen LogP contribution in [0.2, 0.25) is 5.02 Å². The van der Waals surface area contributed by atoms with Gasteiger partial charge in [0, 0.05) is 23.3 Å². The Morgan fingerprint density at radius 1 is 1.22 bits per heavy atom. The Balaban J connectivity index is 1.96. The molecule has 120 valence electrons. The number of amides is 2. The van der Waals surface area contributed by atoms with Crippen molar-refractivity contribution >= 4 is 45.0 Å². The van der Waals surface area contributed by atoms with E-state index >= 15 is 0 Å². The third-order valence-electron chi connectivity index (χ3n) is 2.89. The van der Waals surface area contributed by atoms with Crippen LogP contribution >= 0.6 is 27.5 Å². The Morgan fingerprint density at radius 2 is 2.00 bits per heavy atom. The topological polar surface area (TPSA) is 67.4 Å². The summed E-state index contributed by atoms with van der Waals surface area (Å²) in [4.78, 5) is 23.5. The van der Waals surface area contributed by atoms with E-state index in [1.165, 1.54) is 0 Å². The van der Waals surface area contributed by atoms with Crippen molar-refractivity contribution < 1.29 is 14.3 Å². The van der Waals surface area contributed by atoms with Crippen molar-refractivity contribution in [2.75, 3.05) is 19.0 Å². The molecule has 23 heavy (non-hydrogen) atoms. The average molecular weight is 398 g/mol. The van der Waals surface area contributed by atoms with E-state index in [0.29, 0.717) is 26.5 Å². The summed E-state index contributed by atoms with van der Waals surface area (Å²) in [6.45, 7) is -0.162. The summed E-state index contributed by atoms with van der Waals surface area (Å²) >= 11 is 9.15. The van der Waals surface area contributed by atoms with Gasteiger partial charge in [-0.25, -0.2) is 0 Å². The van der Waals surface area contributed by atoms with Crippen molar-refractivity contribution in [3.63, 3.8) is 0 Å². The third kappa shape index (κ3) is 4.97. The highest BCUT2D eigenvalue weighted by Crippen LogP contribution is 2.27. The summed E-state index contributed by atoms with van der Waals surface area (Å²) in [7, 11) is 1.55. The van der Waals surface area contributed by atoms with Crippen molar-refractivity contribution in [3.8, 4) is 5.75 Å². The Bertz CT molecular complexity index is 737. The zero-order valence-corrected chi connectivity index (χ0v) is 14.6. The molecule has 0 saturated heterocycles. The van der Waals surface area contributed by atoms with Crippen LogP contribution in [0.1, 0.15) is 10.4 Å². The van der Waals surface area contributed by atoms with E-state index in [9.17, 15) is 9.59 Å². The quantitative estimate of drug-likeness (QED) is 0.812. The van der Waals surface area contributed by atoms with E-state index < -0.39 is 0 Å². The van der Waals surface area contributed by atoms with Gasteiger partial charge in [0.2, 0.25) is 0 Å². The molecule has 2 rings (SSSR count). The molecule has 0 aliphatic carbocycles. The highest BCUT2D eigenvalue weighted by Gasteiger charge is 2.08. The van der Waals surface area contributed by atoms with Crippen LogP contribution in [0, 0.1) is 0 Å². The molecule has 0 aromatic heterocycles. The van der Waals surface area contributed by atoms with E-state index in [1.54, 1.807) is 49.5 Å². The van der Waals surface area contributed by atoms with Crippen LogP contribution < -0.4 is 15.4 Å². The monoisotopic (exact) mass is 396 g/mol. The van der Waals surface area contributed by atoms with Gasteiger partial charge in [-0.1, -0.05) is 17.7 Å². The fraction of sp³-hybridized carbons (Fsp3) is 0.125. The third-order valence-corrected chi connectivity index (χ3v) is 3.74. The molecule has 0 aliphatic rings. The normalized spacial score (nSPS) is 10.0. The van der Waals surface area contributed by atoms with E-state index in [2.05, 4.69) is 26.6 Å². The van der Waals surface area contributed by atoms with Gasteiger partial charge in [-0.2, -0.15) is 0 Å². The second-order valence-corrected chi connectivity index (χ2v) is 5.86. The van der Waals surface area contributed by atoms with Crippen LogP contribution in [0.3, 0.4) is 0 Å². The zero-order valence-electron chi connectivity index (χ0n) is 12.2. The van der Waals surface area contributed by atoms with Gasteiger partial charge in [0.1, 0.15) is 5.75 Å². The van der Waals surface area contributed by atoms with Gasteiger partial charge in [0.25, 0.3) is 11.8 Å². The summed E-state index contributed by atoms with van der Waals surface area (Å²) in [6, 6.07) is 11.7. The fourth-order valence-corrected chi connectivity index (χ4v) is 2.61. The Labute approximate surface area is 147 Å². The summed E-state index contributed by atoms with van der Waals surface area (Å²) in [5.74, 6) is -0.0352.